The fourth-order valence-corrected chi connectivity index (χ4v) is 3.29. The number of fused-ring (bicyclic) bond motifs is 2. The third-order valence-electron chi connectivity index (χ3n) is 4.36. The van der Waals surface area contributed by atoms with Gasteiger partial charge in [0.25, 0.3) is 0 Å². The van der Waals surface area contributed by atoms with Gasteiger partial charge < -0.3 is 20.4 Å². The smallest absolute Gasteiger partial charge is 0.339 e. The minimum Gasteiger partial charge on any atom is -0.508 e. The summed E-state index contributed by atoms with van der Waals surface area (Å²) >= 11 is 0. The first-order valence-electron chi connectivity index (χ1n) is 6.95. The van der Waals surface area contributed by atoms with Gasteiger partial charge in [-0.15, -0.1) is 0 Å². The van der Waals surface area contributed by atoms with Crippen molar-refractivity contribution in [3.8, 4) is 17.2 Å². The lowest BCUT2D eigenvalue weighted by atomic mass is 9.75. The van der Waals surface area contributed by atoms with Crippen molar-refractivity contribution in [2.24, 2.45) is 0 Å². The maximum Gasteiger partial charge on any atom is 0.339 e. The molecule has 0 fully saturated rings. The molecule has 118 valence electrons. The van der Waals surface area contributed by atoms with Crippen molar-refractivity contribution >= 4 is 11.8 Å². The molecule has 0 heterocycles. The number of aromatic carboxylic acids is 1. The van der Waals surface area contributed by atoms with Gasteiger partial charge in [0.1, 0.15) is 22.8 Å². The van der Waals surface area contributed by atoms with E-state index in [1.54, 1.807) is 6.92 Å². The molecule has 0 radical (unpaired) electrons. The molecular formula is C17H14O6. The van der Waals surface area contributed by atoms with Gasteiger partial charge in [-0.2, -0.15) is 0 Å². The summed E-state index contributed by atoms with van der Waals surface area (Å²) < 4.78 is 0. The average molecular weight is 314 g/mol. The number of carbonyl (C=O) groups is 2. The number of benzene rings is 2. The van der Waals surface area contributed by atoms with Gasteiger partial charge in [0.2, 0.25) is 0 Å². The van der Waals surface area contributed by atoms with Gasteiger partial charge in [0.15, 0.2) is 5.78 Å². The topological polar surface area (TPSA) is 115 Å². The van der Waals surface area contributed by atoms with Crippen LogP contribution in [0.2, 0.25) is 0 Å². The third kappa shape index (κ3) is 1.88. The van der Waals surface area contributed by atoms with Crippen molar-refractivity contribution in [3.63, 3.8) is 0 Å². The molecule has 2 aromatic rings. The highest BCUT2D eigenvalue weighted by Gasteiger charge is 2.36. The second kappa shape index (κ2) is 4.74. The molecule has 23 heavy (non-hydrogen) atoms. The SMILES string of the molecule is Cc1c(C(=O)O)c(O)cc2c1C(=O)c1c(O)ccc(O)c1C2C. The molecule has 1 aliphatic rings. The number of rotatable bonds is 1. The lowest BCUT2D eigenvalue weighted by molar-refractivity contribution is 0.0693. The van der Waals surface area contributed by atoms with Crippen LogP contribution in [0.4, 0.5) is 0 Å². The van der Waals surface area contributed by atoms with Crippen LogP contribution in [0, 0.1) is 6.92 Å². The number of phenols is 3. The summed E-state index contributed by atoms with van der Waals surface area (Å²) in [5, 5.41) is 39.3. The molecule has 4 N–H and O–H groups in total. The normalized spacial score (nSPS) is 15.9. The van der Waals surface area contributed by atoms with Gasteiger partial charge in [0, 0.05) is 17.0 Å². The number of carbonyl (C=O) groups excluding carboxylic acids is 1. The van der Waals surface area contributed by atoms with E-state index in [0.717, 1.165) is 0 Å². The summed E-state index contributed by atoms with van der Waals surface area (Å²) in [6.07, 6.45) is 0. The van der Waals surface area contributed by atoms with Crippen LogP contribution in [0.3, 0.4) is 0 Å². The highest BCUT2D eigenvalue weighted by molar-refractivity contribution is 6.17. The van der Waals surface area contributed by atoms with Crippen LogP contribution in [0.5, 0.6) is 17.2 Å². The minimum absolute atomic E-state index is 0.0323. The summed E-state index contributed by atoms with van der Waals surface area (Å²) in [4.78, 5) is 24.1. The van der Waals surface area contributed by atoms with Crippen molar-refractivity contribution in [2.45, 2.75) is 19.8 Å². The molecule has 0 amide bonds. The van der Waals surface area contributed by atoms with E-state index in [-0.39, 0.29) is 39.3 Å². The van der Waals surface area contributed by atoms with Crippen LogP contribution in [0.25, 0.3) is 0 Å². The Morgan fingerprint density at radius 2 is 1.65 bits per heavy atom. The van der Waals surface area contributed by atoms with E-state index in [2.05, 4.69) is 0 Å². The number of hydrogen-bond acceptors (Lipinski definition) is 5. The Labute approximate surface area is 131 Å². The zero-order chi connectivity index (χ0) is 17.0. The summed E-state index contributed by atoms with van der Waals surface area (Å²) in [5.41, 5.74) is 0.592. The largest absolute Gasteiger partial charge is 0.508 e. The van der Waals surface area contributed by atoms with Crippen molar-refractivity contribution < 1.29 is 30.0 Å². The molecule has 6 nitrogen and oxygen atoms in total. The van der Waals surface area contributed by atoms with E-state index < -0.39 is 23.4 Å². The van der Waals surface area contributed by atoms with Crippen molar-refractivity contribution in [1.29, 1.82) is 0 Å². The summed E-state index contributed by atoms with van der Waals surface area (Å²) in [7, 11) is 0. The van der Waals surface area contributed by atoms with Gasteiger partial charge in [-0.05, 0) is 36.2 Å². The predicted octanol–water partition coefficient (Wildman–Crippen LogP) is 2.51. The van der Waals surface area contributed by atoms with Gasteiger partial charge in [-0.3, -0.25) is 4.79 Å². The van der Waals surface area contributed by atoms with Crippen molar-refractivity contribution in [2.75, 3.05) is 0 Å². The Kier molecular flexibility index (Phi) is 3.07. The van der Waals surface area contributed by atoms with Crippen molar-refractivity contribution in [3.05, 3.63) is 51.6 Å². The van der Waals surface area contributed by atoms with Gasteiger partial charge in [-0.1, -0.05) is 6.92 Å². The van der Waals surface area contributed by atoms with Crippen LogP contribution in [0.15, 0.2) is 18.2 Å². The number of carboxylic acids is 1. The average Bonchev–Trinajstić information content (AvgIpc) is 2.46. The van der Waals surface area contributed by atoms with Gasteiger partial charge >= 0.3 is 5.97 Å². The maximum absolute atomic E-state index is 12.8. The maximum atomic E-state index is 12.8. The molecule has 0 spiro atoms. The molecule has 6 heteroatoms. The van der Waals surface area contributed by atoms with E-state index in [4.69, 9.17) is 0 Å². The molecule has 1 unspecified atom stereocenters. The quantitative estimate of drug-likeness (QED) is 0.601. The van der Waals surface area contributed by atoms with E-state index >= 15 is 0 Å². The third-order valence-corrected chi connectivity index (χ3v) is 4.36. The second-order valence-corrected chi connectivity index (χ2v) is 5.61. The fourth-order valence-electron chi connectivity index (χ4n) is 3.29. The molecule has 1 atom stereocenters. The lowest BCUT2D eigenvalue weighted by Crippen LogP contribution is -2.21. The van der Waals surface area contributed by atoms with Crippen LogP contribution < -0.4 is 0 Å². The number of ketones is 1. The second-order valence-electron chi connectivity index (χ2n) is 5.61. The van der Waals surface area contributed by atoms with E-state index in [1.165, 1.54) is 25.1 Å². The molecule has 1 aliphatic carbocycles. The molecule has 3 rings (SSSR count). The zero-order valence-corrected chi connectivity index (χ0v) is 12.4. The molecule has 0 aliphatic heterocycles. The summed E-state index contributed by atoms with van der Waals surface area (Å²) in [5.74, 6) is -3.24. The van der Waals surface area contributed by atoms with Gasteiger partial charge in [0.05, 0.1) is 5.56 Å². The van der Waals surface area contributed by atoms with Crippen molar-refractivity contribution in [1.82, 2.24) is 0 Å². The van der Waals surface area contributed by atoms with Gasteiger partial charge in [-0.25, -0.2) is 4.79 Å². The minimum atomic E-state index is -1.34. The van der Waals surface area contributed by atoms with Crippen LogP contribution in [0.1, 0.15) is 55.8 Å². The molecule has 0 aromatic heterocycles. The number of carboxylic acid groups (broad SMARTS) is 1. The molecule has 0 bridgehead atoms. The first-order valence-corrected chi connectivity index (χ1v) is 6.95. The Hall–Kier alpha value is -3.02. The zero-order valence-electron chi connectivity index (χ0n) is 12.4. The lowest BCUT2D eigenvalue weighted by Gasteiger charge is -2.28. The standard InChI is InChI=1S/C17H14O6/c1-6-8-5-11(20)14(17(22)23)7(2)12(8)16(21)15-10(19)4-3-9(18)13(6)15/h3-6,18-20H,1-2H3,(H,22,23). The Morgan fingerprint density at radius 1 is 1.04 bits per heavy atom. The molecular weight excluding hydrogens is 300 g/mol. The van der Waals surface area contributed by atoms with Crippen LogP contribution in [-0.4, -0.2) is 32.2 Å². The monoisotopic (exact) mass is 314 g/mol. The number of hydrogen-bond donors (Lipinski definition) is 4. The summed E-state index contributed by atoms with van der Waals surface area (Å²) in [6.45, 7) is 3.15. The fraction of sp³-hybridized carbons (Fsp3) is 0.176. The number of phenolic OH excluding ortho intramolecular Hbond substituents is 2. The predicted molar refractivity (Wildman–Crippen MR) is 80.5 cm³/mol. The first-order chi connectivity index (χ1) is 10.8. The number of aromatic hydroxyl groups is 3. The highest BCUT2D eigenvalue weighted by atomic mass is 16.4. The summed E-state index contributed by atoms with van der Waals surface area (Å²) in [6, 6.07) is 3.75. The van der Waals surface area contributed by atoms with E-state index in [0.29, 0.717) is 5.56 Å². The van der Waals surface area contributed by atoms with E-state index in [1.807, 2.05) is 0 Å². The molecule has 0 saturated heterocycles. The Morgan fingerprint density at radius 3 is 2.26 bits per heavy atom. The Bertz CT molecular complexity index is 881. The molecule has 2 aromatic carbocycles. The Balaban J connectivity index is 2.41. The highest BCUT2D eigenvalue weighted by Crippen LogP contribution is 2.46. The van der Waals surface area contributed by atoms with Crippen LogP contribution in [-0.2, 0) is 0 Å². The van der Waals surface area contributed by atoms with Crippen LogP contribution >= 0.6 is 0 Å². The van der Waals surface area contributed by atoms with E-state index in [9.17, 15) is 30.0 Å². The molecule has 0 saturated carbocycles. The first kappa shape index (κ1) is 14.9.